The third-order valence-electron chi connectivity index (χ3n) is 3.88. The van der Waals surface area contributed by atoms with Crippen LogP contribution in [0.4, 0.5) is 0 Å². The Morgan fingerprint density at radius 3 is 2.10 bits per heavy atom. The third-order valence-corrected chi connectivity index (χ3v) is 5.79. The van der Waals surface area contributed by atoms with Crippen molar-refractivity contribution in [1.82, 2.24) is 0 Å². The maximum absolute atomic E-state index is 12.0. The second kappa shape index (κ2) is 10.4. The molecule has 0 heterocycles. The van der Waals surface area contributed by atoms with Crippen LogP contribution in [0.3, 0.4) is 0 Å². The Hall–Kier alpha value is -0.380. The molecule has 21 heavy (non-hydrogen) atoms. The fraction of sp³-hybridized carbons (Fsp3) is 0.933. The molecule has 0 aromatic heterocycles. The molecular weight excluding hydrogens is 291 g/mol. The van der Waals surface area contributed by atoms with Gasteiger partial charge in [0.25, 0.3) is 0 Å². The van der Waals surface area contributed by atoms with Crippen molar-refractivity contribution in [2.45, 2.75) is 83.7 Å². The fourth-order valence-corrected chi connectivity index (χ4v) is 3.89. The highest BCUT2D eigenvalue weighted by atomic mass is 31.2. The summed E-state index contributed by atoms with van der Waals surface area (Å²) < 4.78 is 17.0. The second-order valence-corrected chi connectivity index (χ2v) is 7.73. The highest BCUT2D eigenvalue weighted by Gasteiger charge is 2.45. The van der Waals surface area contributed by atoms with Gasteiger partial charge in [0, 0.05) is 6.42 Å². The summed E-state index contributed by atoms with van der Waals surface area (Å²) in [6.45, 7) is 6.31. The lowest BCUT2D eigenvalue weighted by Crippen LogP contribution is -2.30. The molecule has 0 amide bonds. The molecule has 0 radical (unpaired) electrons. The molecule has 1 atom stereocenters. The molecule has 0 rings (SSSR count). The van der Waals surface area contributed by atoms with E-state index in [-0.39, 0.29) is 18.8 Å². The molecule has 0 fully saturated rings. The topological polar surface area (TPSA) is 83.8 Å². The molecule has 5 nitrogen and oxygen atoms in total. The van der Waals surface area contributed by atoms with Crippen LogP contribution in [0, 0.1) is 0 Å². The molecule has 0 aliphatic heterocycles. The molecule has 0 aliphatic rings. The summed E-state index contributed by atoms with van der Waals surface area (Å²) in [5.41, 5.74) is 0. The SMILES string of the molecule is CCCCOC(=O)CCC(CCC)(CCCC)P(=O)(O)O. The van der Waals surface area contributed by atoms with Gasteiger partial charge in [0.15, 0.2) is 0 Å². The normalized spacial score (nSPS) is 14.7. The first kappa shape index (κ1) is 20.6. The van der Waals surface area contributed by atoms with E-state index >= 15 is 0 Å². The molecule has 0 aliphatic carbocycles. The van der Waals surface area contributed by atoms with E-state index in [0.717, 1.165) is 25.7 Å². The summed E-state index contributed by atoms with van der Waals surface area (Å²) in [6.07, 6.45) is 5.30. The fourth-order valence-electron chi connectivity index (χ4n) is 2.52. The van der Waals surface area contributed by atoms with E-state index in [1.54, 1.807) is 0 Å². The van der Waals surface area contributed by atoms with E-state index < -0.39 is 12.8 Å². The zero-order valence-corrected chi connectivity index (χ0v) is 14.5. The van der Waals surface area contributed by atoms with Gasteiger partial charge in [0.1, 0.15) is 0 Å². The zero-order valence-electron chi connectivity index (χ0n) is 13.6. The van der Waals surface area contributed by atoms with Crippen LogP contribution in [0.2, 0.25) is 0 Å². The van der Waals surface area contributed by atoms with Crippen LogP contribution in [0.1, 0.15) is 78.6 Å². The average molecular weight is 322 g/mol. The first-order valence-corrected chi connectivity index (χ1v) is 9.65. The number of hydrogen-bond acceptors (Lipinski definition) is 3. The van der Waals surface area contributed by atoms with E-state index in [1.165, 1.54) is 0 Å². The average Bonchev–Trinajstić information content (AvgIpc) is 2.41. The number of hydrogen-bond donors (Lipinski definition) is 2. The molecule has 0 aromatic rings. The predicted molar refractivity (Wildman–Crippen MR) is 84.3 cm³/mol. The van der Waals surface area contributed by atoms with Gasteiger partial charge >= 0.3 is 13.6 Å². The minimum absolute atomic E-state index is 0.0819. The highest BCUT2D eigenvalue weighted by Crippen LogP contribution is 2.58. The Bertz CT molecular complexity index is 339. The van der Waals surface area contributed by atoms with Crippen molar-refractivity contribution in [2.24, 2.45) is 0 Å². The smallest absolute Gasteiger partial charge is 0.331 e. The van der Waals surface area contributed by atoms with Gasteiger partial charge in [-0.15, -0.1) is 0 Å². The predicted octanol–water partition coefficient (Wildman–Crippen LogP) is 4.02. The number of carbonyl (C=O) groups is 1. The Labute approximate surface area is 128 Å². The van der Waals surface area contributed by atoms with Crippen molar-refractivity contribution in [3.8, 4) is 0 Å². The molecule has 0 saturated carbocycles. The summed E-state index contributed by atoms with van der Waals surface area (Å²) in [5.74, 6) is -0.353. The largest absolute Gasteiger partial charge is 0.466 e. The molecule has 6 heteroatoms. The van der Waals surface area contributed by atoms with Gasteiger partial charge in [-0.05, 0) is 25.7 Å². The molecule has 0 spiro atoms. The van der Waals surface area contributed by atoms with Gasteiger partial charge in [0.05, 0.1) is 11.8 Å². The lowest BCUT2D eigenvalue weighted by molar-refractivity contribution is -0.144. The third kappa shape index (κ3) is 7.44. The van der Waals surface area contributed by atoms with E-state index in [2.05, 4.69) is 0 Å². The van der Waals surface area contributed by atoms with Crippen molar-refractivity contribution in [3.63, 3.8) is 0 Å². The van der Waals surface area contributed by atoms with Crippen LogP contribution >= 0.6 is 7.60 Å². The lowest BCUT2D eigenvalue weighted by Gasteiger charge is -2.34. The van der Waals surface area contributed by atoms with Crippen LogP contribution in [0.5, 0.6) is 0 Å². The monoisotopic (exact) mass is 322 g/mol. The number of unbranched alkanes of at least 4 members (excludes halogenated alkanes) is 2. The number of esters is 1. The van der Waals surface area contributed by atoms with Crippen molar-refractivity contribution in [3.05, 3.63) is 0 Å². The molecule has 0 bridgehead atoms. The van der Waals surface area contributed by atoms with Gasteiger partial charge in [-0.1, -0.05) is 46.5 Å². The van der Waals surface area contributed by atoms with Crippen LogP contribution in [0.15, 0.2) is 0 Å². The van der Waals surface area contributed by atoms with Crippen molar-refractivity contribution >= 4 is 13.6 Å². The summed E-state index contributed by atoms with van der Waals surface area (Å²) in [7, 11) is -4.25. The molecular formula is C15H31O5P. The summed E-state index contributed by atoms with van der Waals surface area (Å²) >= 11 is 0. The van der Waals surface area contributed by atoms with E-state index in [4.69, 9.17) is 4.74 Å². The summed E-state index contributed by atoms with van der Waals surface area (Å²) in [5, 5.41) is -1.07. The number of rotatable bonds is 12. The Balaban J connectivity index is 4.72. The quantitative estimate of drug-likeness (QED) is 0.322. The maximum Gasteiger partial charge on any atom is 0.331 e. The zero-order chi connectivity index (χ0) is 16.4. The Kier molecular flexibility index (Phi) is 10.2. The van der Waals surface area contributed by atoms with E-state index in [9.17, 15) is 19.1 Å². The van der Waals surface area contributed by atoms with Gasteiger partial charge in [-0.3, -0.25) is 9.36 Å². The van der Waals surface area contributed by atoms with Crippen LogP contribution in [-0.4, -0.2) is 27.5 Å². The Morgan fingerprint density at radius 1 is 1.00 bits per heavy atom. The van der Waals surface area contributed by atoms with Crippen LogP contribution in [0.25, 0.3) is 0 Å². The minimum Gasteiger partial charge on any atom is -0.466 e. The first-order chi connectivity index (χ1) is 9.83. The number of ether oxygens (including phenoxy) is 1. The lowest BCUT2D eigenvalue weighted by atomic mass is 9.91. The summed E-state index contributed by atoms with van der Waals surface area (Å²) in [4.78, 5) is 31.2. The van der Waals surface area contributed by atoms with Crippen molar-refractivity contribution in [2.75, 3.05) is 6.61 Å². The van der Waals surface area contributed by atoms with Crippen LogP contribution in [-0.2, 0) is 14.1 Å². The number of carbonyl (C=O) groups excluding carboxylic acids is 1. The molecule has 2 N–H and O–H groups in total. The maximum atomic E-state index is 12.0. The Morgan fingerprint density at radius 2 is 1.62 bits per heavy atom. The van der Waals surface area contributed by atoms with Crippen molar-refractivity contribution < 1.29 is 23.9 Å². The molecule has 126 valence electrons. The van der Waals surface area contributed by atoms with Gasteiger partial charge in [-0.25, -0.2) is 0 Å². The van der Waals surface area contributed by atoms with Gasteiger partial charge < -0.3 is 14.5 Å². The second-order valence-electron chi connectivity index (χ2n) is 5.70. The molecule has 0 saturated heterocycles. The first-order valence-electron chi connectivity index (χ1n) is 8.04. The molecule has 1 unspecified atom stereocenters. The van der Waals surface area contributed by atoms with Crippen molar-refractivity contribution in [1.29, 1.82) is 0 Å². The minimum atomic E-state index is -4.25. The highest BCUT2D eigenvalue weighted by molar-refractivity contribution is 7.53. The van der Waals surface area contributed by atoms with Gasteiger partial charge in [0.2, 0.25) is 0 Å². The van der Waals surface area contributed by atoms with Gasteiger partial charge in [-0.2, -0.15) is 0 Å². The molecule has 0 aromatic carbocycles. The van der Waals surface area contributed by atoms with E-state index in [0.29, 0.717) is 25.9 Å². The summed E-state index contributed by atoms with van der Waals surface area (Å²) in [6, 6.07) is 0. The standard InChI is InChI=1S/C15H31O5P/c1-4-7-11-15(10-6-3,21(17,18)19)12-9-14(16)20-13-8-5-2/h4-13H2,1-3H3,(H2,17,18,19). The van der Waals surface area contributed by atoms with E-state index in [1.807, 2.05) is 20.8 Å². The van der Waals surface area contributed by atoms with Crippen LogP contribution < -0.4 is 0 Å².